The molecule has 0 aliphatic carbocycles. The molecule has 1 saturated heterocycles. The van der Waals surface area contributed by atoms with E-state index in [2.05, 4.69) is 4.90 Å². The van der Waals surface area contributed by atoms with E-state index in [4.69, 9.17) is 9.47 Å². The predicted octanol–water partition coefficient (Wildman–Crippen LogP) is 2.44. The van der Waals surface area contributed by atoms with Crippen LogP contribution in [0.15, 0.2) is 24.3 Å². The molecule has 4 nitrogen and oxygen atoms in total. The normalized spacial score (nSPS) is 17.5. The maximum atomic E-state index is 12.1. The van der Waals surface area contributed by atoms with Crippen molar-refractivity contribution in [2.24, 2.45) is 0 Å². The van der Waals surface area contributed by atoms with Gasteiger partial charge in [-0.3, -0.25) is 4.79 Å². The minimum atomic E-state index is -0.219. The highest BCUT2D eigenvalue weighted by Gasteiger charge is 2.25. The van der Waals surface area contributed by atoms with E-state index < -0.39 is 0 Å². The molecular formula is C16H23NO3. The van der Waals surface area contributed by atoms with Gasteiger partial charge in [0.25, 0.3) is 0 Å². The van der Waals surface area contributed by atoms with Gasteiger partial charge in [-0.05, 0) is 43.6 Å². The lowest BCUT2D eigenvalue weighted by Crippen LogP contribution is -2.36. The number of methoxy groups -OCH3 is 2. The Kier molecular flexibility index (Phi) is 5.41. The van der Waals surface area contributed by atoms with Gasteiger partial charge in [-0.15, -0.1) is 0 Å². The Balaban J connectivity index is 2.10. The minimum absolute atomic E-state index is 0.166. The summed E-state index contributed by atoms with van der Waals surface area (Å²) in [7, 11) is 3.09. The molecule has 1 aromatic carbocycles. The Hall–Kier alpha value is -1.55. The van der Waals surface area contributed by atoms with Crippen molar-refractivity contribution in [2.75, 3.05) is 33.9 Å². The first kappa shape index (κ1) is 14.9. The molecule has 110 valence electrons. The Labute approximate surface area is 120 Å². The number of carbonyl (C=O) groups excluding carboxylic acids is 1. The summed E-state index contributed by atoms with van der Waals surface area (Å²) in [5.41, 5.74) is 0.989. The van der Waals surface area contributed by atoms with E-state index in [9.17, 15) is 4.79 Å². The summed E-state index contributed by atoms with van der Waals surface area (Å²) in [5, 5.41) is 0. The fraction of sp³-hybridized carbons (Fsp3) is 0.562. The first-order valence-electron chi connectivity index (χ1n) is 7.18. The second-order valence-electron chi connectivity index (χ2n) is 5.21. The molecule has 0 radical (unpaired) electrons. The van der Waals surface area contributed by atoms with Crippen LogP contribution in [0.25, 0.3) is 0 Å². The third kappa shape index (κ3) is 3.73. The number of rotatable bonds is 5. The van der Waals surface area contributed by atoms with Crippen LogP contribution in [0.1, 0.15) is 30.7 Å². The number of hydrogen-bond donors (Lipinski definition) is 0. The van der Waals surface area contributed by atoms with Crippen LogP contribution in [0.3, 0.4) is 0 Å². The quantitative estimate of drug-likeness (QED) is 0.775. The monoisotopic (exact) mass is 277 g/mol. The van der Waals surface area contributed by atoms with Gasteiger partial charge in [0, 0.05) is 6.54 Å². The topological polar surface area (TPSA) is 38.8 Å². The van der Waals surface area contributed by atoms with Crippen molar-refractivity contribution in [1.29, 1.82) is 0 Å². The molecule has 0 N–H and O–H groups in total. The summed E-state index contributed by atoms with van der Waals surface area (Å²) in [6, 6.07) is 7.68. The molecule has 4 heteroatoms. The highest BCUT2D eigenvalue weighted by Crippen LogP contribution is 2.23. The maximum Gasteiger partial charge on any atom is 0.314 e. The number of likely N-dealkylation sites (tertiary alicyclic amines) is 1. The van der Waals surface area contributed by atoms with E-state index in [-0.39, 0.29) is 11.9 Å². The zero-order valence-corrected chi connectivity index (χ0v) is 12.3. The van der Waals surface area contributed by atoms with Crippen LogP contribution in [-0.2, 0) is 9.53 Å². The average molecular weight is 277 g/mol. The van der Waals surface area contributed by atoms with Crippen molar-refractivity contribution in [2.45, 2.75) is 25.2 Å². The number of nitrogens with zero attached hydrogens (tertiary/aromatic N) is 1. The Morgan fingerprint density at radius 2 is 1.80 bits per heavy atom. The van der Waals surface area contributed by atoms with Crippen molar-refractivity contribution in [3.05, 3.63) is 29.8 Å². The largest absolute Gasteiger partial charge is 0.497 e. The molecule has 2 rings (SSSR count). The van der Waals surface area contributed by atoms with Crippen molar-refractivity contribution >= 4 is 5.97 Å². The number of benzene rings is 1. The number of hydrogen-bond acceptors (Lipinski definition) is 4. The van der Waals surface area contributed by atoms with Gasteiger partial charge in [-0.1, -0.05) is 18.6 Å². The van der Waals surface area contributed by atoms with Crippen LogP contribution < -0.4 is 4.74 Å². The van der Waals surface area contributed by atoms with Crippen molar-refractivity contribution in [3.63, 3.8) is 0 Å². The second-order valence-corrected chi connectivity index (χ2v) is 5.21. The summed E-state index contributed by atoms with van der Waals surface area (Å²) >= 11 is 0. The Bertz CT molecular complexity index is 424. The second kappa shape index (κ2) is 7.29. The van der Waals surface area contributed by atoms with Gasteiger partial charge in [0.15, 0.2) is 0 Å². The summed E-state index contributed by atoms with van der Waals surface area (Å²) in [6.07, 6.45) is 3.73. The molecule has 1 unspecified atom stereocenters. The minimum Gasteiger partial charge on any atom is -0.497 e. The zero-order chi connectivity index (χ0) is 14.4. The summed E-state index contributed by atoms with van der Waals surface area (Å²) in [5.74, 6) is 0.417. The first-order chi connectivity index (χ1) is 9.74. The third-order valence-electron chi connectivity index (χ3n) is 3.89. The maximum absolute atomic E-state index is 12.1. The smallest absolute Gasteiger partial charge is 0.314 e. The van der Waals surface area contributed by atoms with Crippen molar-refractivity contribution in [3.8, 4) is 5.75 Å². The summed E-state index contributed by atoms with van der Waals surface area (Å²) in [4.78, 5) is 14.4. The lowest BCUT2D eigenvalue weighted by atomic mass is 9.97. The van der Waals surface area contributed by atoms with Gasteiger partial charge in [0.1, 0.15) is 5.75 Å². The first-order valence-corrected chi connectivity index (χ1v) is 7.18. The number of piperidine rings is 1. The van der Waals surface area contributed by atoms with Crippen molar-refractivity contribution < 1.29 is 14.3 Å². The van der Waals surface area contributed by atoms with E-state index in [0.29, 0.717) is 0 Å². The predicted molar refractivity (Wildman–Crippen MR) is 78.0 cm³/mol. The van der Waals surface area contributed by atoms with Gasteiger partial charge in [0.05, 0.1) is 20.1 Å². The summed E-state index contributed by atoms with van der Waals surface area (Å²) in [6.45, 7) is 2.88. The fourth-order valence-electron chi connectivity index (χ4n) is 2.69. The van der Waals surface area contributed by atoms with Gasteiger partial charge in [-0.2, -0.15) is 0 Å². The molecule has 0 amide bonds. The fourth-order valence-corrected chi connectivity index (χ4v) is 2.69. The molecule has 1 aromatic rings. The van der Waals surface area contributed by atoms with Crippen LogP contribution in [0.2, 0.25) is 0 Å². The highest BCUT2D eigenvalue weighted by atomic mass is 16.5. The molecule has 0 spiro atoms. The molecular weight excluding hydrogens is 254 g/mol. The van der Waals surface area contributed by atoms with Crippen LogP contribution in [0.4, 0.5) is 0 Å². The van der Waals surface area contributed by atoms with Gasteiger partial charge < -0.3 is 14.4 Å². The van der Waals surface area contributed by atoms with E-state index in [1.807, 2.05) is 24.3 Å². The SMILES string of the molecule is COC(=O)C(CN1CCCCC1)c1ccc(OC)cc1. The van der Waals surface area contributed by atoms with Crippen LogP contribution in [0.5, 0.6) is 5.75 Å². The molecule has 1 atom stereocenters. The molecule has 1 aliphatic rings. The van der Waals surface area contributed by atoms with Crippen LogP contribution in [0, 0.1) is 0 Å². The Morgan fingerprint density at radius 3 is 2.35 bits per heavy atom. The van der Waals surface area contributed by atoms with Gasteiger partial charge in [0.2, 0.25) is 0 Å². The molecule has 1 fully saturated rings. The van der Waals surface area contributed by atoms with E-state index >= 15 is 0 Å². The number of esters is 1. The number of ether oxygens (including phenoxy) is 2. The van der Waals surface area contributed by atoms with E-state index in [1.54, 1.807) is 7.11 Å². The number of carbonyl (C=O) groups is 1. The summed E-state index contributed by atoms with van der Waals surface area (Å²) < 4.78 is 10.1. The molecule has 0 aromatic heterocycles. The van der Waals surface area contributed by atoms with Gasteiger partial charge >= 0.3 is 5.97 Å². The van der Waals surface area contributed by atoms with E-state index in [1.165, 1.54) is 26.4 Å². The molecule has 1 aliphatic heterocycles. The Morgan fingerprint density at radius 1 is 1.15 bits per heavy atom. The molecule has 0 saturated carbocycles. The lowest BCUT2D eigenvalue weighted by molar-refractivity contribution is -0.143. The van der Waals surface area contributed by atoms with E-state index in [0.717, 1.165) is 30.9 Å². The molecule has 0 bridgehead atoms. The standard InChI is InChI=1S/C16H23NO3/c1-19-14-8-6-13(7-9-14)15(16(18)20-2)12-17-10-4-3-5-11-17/h6-9,15H,3-5,10-12H2,1-2H3. The van der Waals surface area contributed by atoms with Crippen LogP contribution >= 0.6 is 0 Å². The highest BCUT2D eigenvalue weighted by molar-refractivity contribution is 5.78. The third-order valence-corrected chi connectivity index (χ3v) is 3.89. The molecule has 1 heterocycles. The van der Waals surface area contributed by atoms with Crippen molar-refractivity contribution in [1.82, 2.24) is 4.90 Å². The van der Waals surface area contributed by atoms with Gasteiger partial charge in [-0.25, -0.2) is 0 Å². The lowest BCUT2D eigenvalue weighted by Gasteiger charge is -2.29. The molecule has 20 heavy (non-hydrogen) atoms. The zero-order valence-electron chi connectivity index (χ0n) is 12.3. The van der Waals surface area contributed by atoms with Crippen LogP contribution in [-0.4, -0.2) is 44.7 Å². The average Bonchev–Trinajstić information content (AvgIpc) is 2.53.